The molecule has 5 nitrogen and oxygen atoms in total. The van der Waals surface area contributed by atoms with Crippen LogP contribution in [-0.4, -0.2) is 48.4 Å². The van der Waals surface area contributed by atoms with E-state index in [1.165, 1.54) is 24.8 Å². The highest BCUT2D eigenvalue weighted by Crippen LogP contribution is 2.26. The van der Waals surface area contributed by atoms with Crippen LogP contribution in [0.2, 0.25) is 0 Å². The second-order valence-corrected chi connectivity index (χ2v) is 7.75. The van der Waals surface area contributed by atoms with Gasteiger partial charge in [0, 0.05) is 37.1 Å². The summed E-state index contributed by atoms with van der Waals surface area (Å²) in [6.07, 6.45) is 7.37. The first-order valence-electron chi connectivity index (χ1n) is 10.2. The Balaban J connectivity index is 1.50. The van der Waals surface area contributed by atoms with E-state index < -0.39 is 0 Å². The lowest BCUT2D eigenvalue weighted by Crippen LogP contribution is -2.54. The second kappa shape index (κ2) is 8.88. The van der Waals surface area contributed by atoms with Gasteiger partial charge in [0.2, 0.25) is 5.56 Å². The van der Waals surface area contributed by atoms with Crippen LogP contribution in [0.5, 0.6) is 0 Å². The van der Waals surface area contributed by atoms with Gasteiger partial charge in [-0.05, 0) is 43.0 Å². The van der Waals surface area contributed by atoms with Gasteiger partial charge in [-0.25, -0.2) is 4.39 Å². The van der Waals surface area contributed by atoms with Crippen LogP contribution in [0.4, 0.5) is 10.1 Å². The highest BCUT2D eigenvalue weighted by Gasteiger charge is 2.32. The number of ether oxygens (including phenoxy) is 1. The fourth-order valence-electron chi connectivity index (χ4n) is 4.39. The van der Waals surface area contributed by atoms with Crippen molar-refractivity contribution in [1.29, 1.82) is 0 Å². The van der Waals surface area contributed by atoms with Crippen LogP contribution in [0.1, 0.15) is 31.2 Å². The third kappa shape index (κ3) is 4.62. The van der Waals surface area contributed by atoms with Gasteiger partial charge in [0.25, 0.3) is 0 Å². The number of anilines is 1. The summed E-state index contributed by atoms with van der Waals surface area (Å²) < 4.78 is 19.5. The van der Waals surface area contributed by atoms with E-state index in [0.717, 1.165) is 38.2 Å². The summed E-state index contributed by atoms with van der Waals surface area (Å²) >= 11 is 0. The molecule has 2 saturated heterocycles. The molecule has 0 saturated carbocycles. The molecule has 0 radical (unpaired) electrons. The van der Waals surface area contributed by atoms with E-state index in [0.29, 0.717) is 12.6 Å². The summed E-state index contributed by atoms with van der Waals surface area (Å²) in [4.78, 5) is 19.1. The number of hydrogen-bond acceptors (Lipinski definition) is 4. The van der Waals surface area contributed by atoms with Crippen molar-refractivity contribution >= 4 is 5.69 Å². The molecule has 3 heterocycles. The van der Waals surface area contributed by atoms with Crippen molar-refractivity contribution in [3.8, 4) is 0 Å². The Kier molecular flexibility index (Phi) is 6.07. The van der Waals surface area contributed by atoms with Crippen molar-refractivity contribution in [2.24, 2.45) is 0 Å². The van der Waals surface area contributed by atoms with Crippen molar-refractivity contribution in [2.45, 2.75) is 44.4 Å². The van der Waals surface area contributed by atoms with Crippen LogP contribution in [0, 0.1) is 5.82 Å². The maximum absolute atomic E-state index is 13.3. The summed E-state index contributed by atoms with van der Waals surface area (Å²) in [5.41, 5.74) is 2.03. The number of H-pyrrole nitrogens is 1. The molecule has 2 unspecified atom stereocenters. The highest BCUT2D eigenvalue weighted by atomic mass is 19.1. The minimum atomic E-state index is -0.189. The average Bonchev–Trinajstić information content (AvgIpc) is 2.95. The molecule has 2 aliphatic rings. The first-order chi connectivity index (χ1) is 13.7. The highest BCUT2D eigenvalue weighted by molar-refractivity contribution is 5.45. The zero-order chi connectivity index (χ0) is 19.3. The Labute approximate surface area is 165 Å². The molecule has 150 valence electrons. The number of rotatable bonds is 4. The summed E-state index contributed by atoms with van der Waals surface area (Å²) in [6.45, 7) is 3.21. The van der Waals surface area contributed by atoms with Gasteiger partial charge in [0.15, 0.2) is 0 Å². The smallest absolute Gasteiger partial charge is 0.249 e. The first kappa shape index (κ1) is 19.2. The Morgan fingerprint density at radius 1 is 1.11 bits per heavy atom. The lowest BCUT2D eigenvalue weighted by atomic mass is 10.0. The monoisotopic (exact) mass is 385 g/mol. The average molecular weight is 385 g/mol. The van der Waals surface area contributed by atoms with Crippen molar-refractivity contribution < 1.29 is 9.13 Å². The van der Waals surface area contributed by atoms with Gasteiger partial charge in [-0.2, -0.15) is 0 Å². The van der Waals surface area contributed by atoms with E-state index in [1.807, 2.05) is 18.2 Å². The number of likely N-dealkylation sites (tertiary alicyclic amines) is 1. The molecule has 6 heteroatoms. The van der Waals surface area contributed by atoms with Gasteiger partial charge in [0.05, 0.1) is 13.2 Å². The molecule has 1 N–H and O–H groups in total. The van der Waals surface area contributed by atoms with E-state index in [9.17, 15) is 9.18 Å². The van der Waals surface area contributed by atoms with Crippen LogP contribution in [0.15, 0.2) is 47.4 Å². The van der Waals surface area contributed by atoms with E-state index in [-0.39, 0.29) is 17.6 Å². The Morgan fingerprint density at radius 3 is 2.79 bits per heavy atom. The van der Waals surface area contributed by atoms with Crippen LogP contribution in [-0.2, 0) is 11.2 Å². The zero-order valence-corrected chi connectivity index (χ0v) is 16.1. The predicted octanol–water partition coefficient (Wildman–Crippen LogP) is 3.16. The normalized spacial score (nSPS) is 24.1. The molecular weight excluding hydrogens is 357 g/mol. The molecule has 28 heavy (non-hydrogen) atoms. The summed E-state index contributed by atoms with van der Waals surface area (Å²) in [5, 5.41) is 0. The minimum absolute atomic E-state index is 0.0107. The van der Waals surface area contributed by atoms with E-state index in [2.05, 4.69) is 14.8 Å². The molecule has 2 aliphatic heterocycles. The third-order valence-electron chi connectivity index (χ3n) is 5.85. The number of halogens is 1. The molecule has 2 fully saturated rings. The van der Waals surface area contributed by atoms with E-state index in [1.54, 1.807) is 24.4 Å². The SMILES string of the molecule is O=c1cc(N2CCOC(N3CCCCCC3Cc3ccc(F)cc3)C2)cc[nH]1. The molecule has 1 aromatic carbocycles. The van der Waals surface area contributed by atoms with Gasteiger partial charge < -0.3 is 14.6 Å². The van der Waals surface area contributed by atoms with Gasteiger partial charge in [0.1, 0.15) is 12.0 Å². The van der Waals surface area contributed by atoms with Crippen LogP contribution < -0.4 is 10.5 Å². The lowest BCUT2D eigenvalue weighted by molar-refractivity contribution is -0.0842. The van der Waals surface area contributed by atoms with Crippen molar-refractivity contribution in [1.82, 2.24) is 9.88 Å². The fraction of sp³-hybridized carbons (Fsp3) is 0.500. The Morgan fingerprint density at radius 2 is 1.96 bits per heavy atom. The fourth-order valence-corrected chi connectivity index (χ4v) is 4.39. The summed E-state index contributed by atoms with van der Waals surface area (Å²) in [7, 11) is 0. The van der Waals surface area contributed by atoms with E-state index in [4.69, 9.17) is 4.74 Å². The number of benzene rings is 1. The van der Waals surface area contributed by atoms with Crippen LogP contribution in [0.25, 0.3) is 0 Å². The standard InChI is InChI=1S/C22H28FN3O2/c23-18-7-5-17(6-8-18)14-20-4-2-1-3-11-26(20)22-16-25(12-13-28-22)19-9-10-24-21(27)15-19/h5-10,15,20,22H,1-4,11-14,16H2,(H,24,27). The molecular formula is C22H28FN3O2. The summed E-state index contributed by atoms with van der Waals surface area (Å²) in [6, 6.07) is 10.9. The number of nitrogens with zero attached hydrogens (tertiary/aromatic N) is 2. The zero-order valence-electron chi connectivity index (χ0n) is 16.1. The number of aromatic nitrogens is 1. The molecule has 0 aliphatic carbocycles. The van der Waals surface area contributed by atoms with Crippen molar-refractivity contribution in [2.75, 3.05) is 31.1 Å². The Bertz CT molecular complexity index is 823. The minimum Gasteiger partial charge on any atom is -0.365 e. The van der Waals surface area contributed by atoms with Crippen LogP contribution in [0.3, 0.4) is 0 Å². The molecule has 2 aromatic rings. The molecule has 4 rings (SSSR count). The molecule has 2 atom stereocenters. The number of morpholine rings is 1. The molecule has 0 bridgehead atoms. The van der Waals surface area contributed by atoms with Crippen LogP contribution >= 0.6 is 0 Å². The lowest BCUT2D eigenvalue weighted by Gasteiger charge is -2.43. The van der Waals surface area contributed by atoms with E-state index >= 15 is 0 Å². The quantitative estimate of drug-likeness (QED) is 0.878. The maximum Gasteiger partial charge on any atom is 0.249 e. The van der Waals surface area contributed by atoms with Crippen molar-refractivity contribution in [3.63, 3.8) is 0 Å². The third-order valence-corrected chi connectivity index (χ3v) is 5.85. The van der Waals surface area contributed by atoms with Gasteiger partial charge in [-0.1, -0.05) is 25.0 Å². The molecule has 0 spiro atoms. The topological polar surface area (TPSA) is 48.6 Å². The van der Waals surface area contributed by atoms with Crippen molar-refractivity contribution in [3.05, 3.63) is 64.3 Å². The van der Waals surface area contributed by atoms with Gasteiger partial charge in [-0.3, -0.25) is 9.69 Å². The first-order valence-corrected chi connectivity index (χ1v) is 10.2. The number of nitrogens with one attached hydrogen (secondary N) is 1. The van der Waals surface area contributed by atoms with Gasteiger partial charge >= 0.3 is 0 Å². The predicted molar refractivity (Wildman–Crippen MR) is 108 cm³/mol. The Hall–Kier alpha value is -2.18. The maximum atomic E-state index is 13.3. The molecule has 0 amide bonds. The number of aromatic amines is 1. The number of pyridine rings is 1. The number of hydrogen-bond donors (Lipinski definition) is 1. The van der Waals surface area contributed by atoms with Gasteiger partial charge in [-0.15, -0.1) is 0 Å². The second-order valence-electron chi connectivity index (χ2n) is 7.75. The summed E-state index contributed by atoms with van der Waals surface area (Å²) in [5.74, 6) is -0.189. The molecule has 1 aromatic heterocycles. The largest absolute Gasteiger partial charge is 0.365 e.